The first-order chi connectivity index (χ1) is 16.0. The SMILES string of the molecule is O=C(N[C@@H](COC(=O)[C@@H]1CCCN1)C(=O)OCC(=O)c1ccccc1)OCc1ccccc1. The maximum Gasteiger partial charge on any atom is 0.408 e. The molecule has 1 aliphatic heterocycles. The number of hydrogen-bond donors (Lipinski definition) is 2. The topological polar surface area (TPSA) is 120 Å². The fraction of sp³-hybridized carbons (Fsp3) is 0.333. The number of esters is 2. The lowest BCUT2D eigenvalue weighted by atomic mass is 10.1. The van der Waals surface area contributed by atoms with Gasteiger partial charge in [0.15, 0.2) is 18.4 Å². The van der Waals surface area contributed by atoms with Crippen LogP contribution in [0.3, 0.4) is 0 Å². The van der Waals surface area contributed by atoms with Gasteiger partial charge in [0.05, 0.1) is 0 Å². The third kappa shape index (κ3) is 7.73. The lowest BCUT2D eigenvalue weighted by molar-refractivity contribution is -0.152. The Morgan fingerprint density at radius 2 is 1.64 bits per heavy atom. The smallest absolute Gasteiger partial charge is 0.408 e. The Balaban J connectivity index is 1.55. The fourth-order valence-corrected chi connectivity index (χ4v) is 3.17. The van der Waals surface area contributed by atoms with E-state index in [0.717, 1.165) is 12.0 Å². The average Bonchev–Trinajstić information content (AvgIpc) is 3.40. The summed E-state index contributed by atoms with van der Waals surface area (Å²) in [6.45, 7) is -0.266. The van der Waals surface area contributed by atoms with Gasteiger partial charge in [-0.05, 0) is 24.9 Å². The van der Waals surface area contributed by atoms with Crippen molar-refractivity contribution >= 4 is 23.8 Å². The Bertz CT molecular complexity index is 944. The van der Waals surface area contributed by atoms with Crippen molar-refractivity contribution in [2.24, 2.45) is 0 Å². The summed E-state index contributed by atoms with van der Waals surface area (Å²) in [4.78, 5) is 49.2. The summed E-state index contributed by atoms with van der Waals surface area (Å²) in [6.07, 6.45) is 0.591. The van der Waals surface area contributed by atoms with Crippen molar-refractivity contribution in [1.29, 1.82) is 0 Å². The van der Waals surface area contributed by atoms with Crippen LogP contribution in [0.2, 0.25) is 0 Å². The van der Waals surface area contributed by atoms with Crippen LogP contribution < -0.4 is 10.6 Å². The fourth-order valence-electron chi connectivity index (χ4n) is 3.17. The number of amides is 1. The number of Topliss-reactive ketones (excluding diaryl/α,β-unsaturated/α-hetero) is 1. The molecule has 33 heavy (non-hydrogen) atoms. The zero-order valence-corrected chi connectivity index (χ0v) is 18.0. The van der Waals surface area contributed by atoms with Crippen molar-refractivity contribution in [1.82, 2.24) is 10.6 Å². The zero-order valence-electron chi connectivity index (χ0n) is 18.0. The van der Waals surface area contributed by atoms with E-state index in [1.165, 1.54) is 0 Å². The van der Waals surface area contributed by atoms with Gasteiger partial charge < -0.3 is 24.8 Å². The minimum absolute atomic E-state index is 0.00723. The maximum absolute atomic E-state index is 12.6. The lowest BCUT2D eigenvalue weighted by Crippen LogP contribution is -2.47. The number of hydrogen-bond acceptors (Lipinski definition) is 8. The Hall–Kier alpha value is -3.72. The number of ether oxygens (including phenoxy) is 3. The number of benzene rings is 2. The van der Waals surface area contributed by atoms with Gasteiger partial charge in [-0.3, -0.25) is 9.59 Å². The standard InChI is InChI=1S/C24H26N2O7/c27-21(18-10-5-2-6-11-18)16-32-23(29)20(15-31-22(28)19-12-7-13-25-19)26-24(30)33-14-17-8-3-1-4-9-17/h1-6,8-11,19-20,25H,7,12-16H2,(H,26,30)/t19-,20-/m0/s1. The van der Waals surface area contributed by atoms with Crippen molar-refractivity contribution in [2.45, 2.75) is 31.5 Å². The van der Waals surface area contributed by atoms with Gasteiger partial charge in [-0.1, -0.05) is 60.7 Å². The second-order valence-electron chi connectivity index (χ2n) is 7.43. The summed E-state index contributed by atoms with van der Waals surface area (Å²) in [7, 11) is 0. The Morgan fingerprint density at radius 1 is 0.939 bits per heavy atom. The molecule has 2 aromatic carbocycles. The summed E-state index contributed by atoms with van der Waals surface area (Å²) >= 11 is 0. The van der Waals surface area contributed by atoms with E-state index < -0.39 is 49.1 Å². The molecule has 9 nitrogen and oxygen atoms in total. The highest BCUT2D eigenvalue weighted by atomic mass is 16.6. The van der Waals surface area contributed by atoms with E-state index in [2.05, 4.69) is 10.6 Å². The highest BCUT2D eigenvalue weighted by molar-refractivity contribution is 5.98. The molecule has 1 fully saturated rings. The van der Waals surface area contributed by atoms with Gasteiger partial charge in [-0.15, -0.1) is 0 Å². The molecule has 2 N–H and O–H groups in total. The van der Waals surface area contributed by atoms with Crippen LogP contribution in [0.4, 0.5) is 4.79 Å². The van der Waals surface area contributed by atoms with E-state index in [-0.39, 0.29) is 6.61 Å². The van der Waals surface area contributed by atoms with Gasteiger partial charge in [0, 0.05) is 5.56 Å². The van der Waals surface area contributed by atoms with E-state index in [1.807, 2.05) is 6.07 Å². The zero-order chi connectivity index (χ0) is 23.5. The molecule has 0 spiro atoms. The Morgan fingerprint density at radius 3 is 2.30 bits per heavy atom. The molecule has 174 valence electrons. The molecule has 0 bridgehead atoms. The van der Waals surface area contributed by atoms with E-state index in [9.17, 15) is 19.2 Å². The number of alkyl carbamates (subject to hydrolysis) is 1. The van der Waals surface area contributed by atoms with Gasteiger partial charge in [0.2, 0.25) is 0 Å². The van der Waals surface area contributed by atoms with Gasteiger partial charge >= 0.3 is 18.0 Å². The number of ketones is 1. The molecule has 0 aliphatic carbocycles. The molecule has 3 rings (SSSR count). The molecule has 0 unspecified atom stereocenters. The molecule has 9 heteroatoms. The van der Waals surface area contributed by atoms with Crippen LogP contribution in [-0.2, 0) is 30.4 Å². The van der Waals surface area contributed by atoms with Crippen LogP contribution >= 0.6 is 0 Å². The van der Waals surface area contributed by atoms with Crippen molar-refractivity contribution in [3.05, 3.63) is 71.8 Å². The summed E-state index contributed by atoms with van der Waals surface area (Å²) in [5, 5.41) is 5.35. The van der Waals surface area contributed by atoms with E-state index in [0.29, 0.717) is 18.5 Å². The molecule has 1 heterocycles. The first kappa shape index (κ1) is 23.9. The summed E-state index contributed by atoms with van der Waals surface area (Å²) in [5.74, 6) is -1.84. The van der Waals surface area contributed by atoms with Gasteiger partial charge in [-0.25, -0.2) is 9.59 Å². The maximum atomic E-state index is 12.6. The van der Waals surface area contributed by atoms with Crippen molar-refractivity contribution in [2.75, 3.05) is 19.8 Å². The van der Waals surface area contributed by atoms with Crippen LogP contribution in [0.15, 0.2) is 60.7 Å². The third-order valence-corrected chi connectivity index (χ3v) is 4.97. The van der Waals surface area contributed by atoms with Crippen molar-refractivity contribution < 1.29 is 33.4 Å². The second-order valence-corrected chi connectivity index (χ2v) is 7.43. The van der Waals surface area contributed by atoms with Gasteiger partial charge in [0.1, 0.15) is 19.3 Å². The normalized spacial score (nSPS) is 15.8. The quantitative estimate of drug-likeness (QED) is 0.318. The number of nitrogens with one attached hydrogen (secondary N) is 2. The summed E-state index contributed by atoms with van der Waals surface area (Å²) < 4.78 is 15.4. The van der Waals surface area contributed by atoms with Crippen molar-refractivity contribution in [3.63, 3.8) is 0 Å². The van der Waals surface area contributed by atoms with E-state index in [1.54, 1.807) is 54.6 Å². The average molecular weight is 454 g/mol. The van der Waals surface area contributed by atoms with Crippen LogP contribution in [0, 0.1) is 0 Å². The molecule has 1 saturated heterocycles. The van der Waals surface area contributed by atoms with E-state index in [4.69, 9.17) is 14.2 Å². The molecular formula is C24H26N2O7. The molecule has 1 amide bonds. The molecule has 2 aromatic rings. The molecule has 0 radical (unpaired) electrons. The monoisotopic (exact) mass is 454 g/mol. The largest absolute Gasteiger partial charge is 0.462 e. The van der Waals surface area contributed by atoms with E-state index >= 15 is 0 Å². The minimum atomic E-state index is -1.33. The molecule has 2 atom stereocenters. The predicted molar refractivity (Wildman–Crippen MR) is 117 cm³/mol. The first-order valence-electron chi connectivity index (χ1n) is 10.6. The Labute approximate surface area is 191 Å². The van der Waals surface area contributed by atoms with Gasteiger partial charge in [-0.2, -0.15) is 0 Å². The number of carbonyl (C=O) groups is 4. The predicted octanol–water partition coefficient (Wildman–Crippen LogP) is 2.00. The van der Waals surface area contributed by atoms with Crippen LogP contribution in [0.25, 0.3) is 0 Å². The van der Waals surface area contributed by atoms with Gasteiger partial charge in [0.25, 0.3) is 0 Å². The molecule has 1 aliphatic rings. The third-order valence-electron chi connectivity index (χ3n) is 4.97. The number of rotatable bonds is 10. The summed E-state index contributed by atoms with van der Waals surface area (Å²) in [5.41, 5.74) is 1.15. The summed E-state index contributed by atoms with van der Waals surface area (Å²) in [6, 6.07) is 15.6. The molecule has 0 saturated carbocycles. The lowest BCUT2D eigenvalue weighted by Gasteiger charge is -2.18. The van der Waals surface area contributed by atoms with Crippen LogP contribution in [0.5, 0.6) is 0 Å². The van der Waals surface area contributed by atoms with Crippen molar-refractivity contribution in [3.8, 4) is 0 Å². The van der Waals surface area contributed by atoms with Crippen LogP contribution in [-0.4, -0.2) is 55.7 Å². The minimum Gasteiger partial charge on any atom is -0.462 e. The Kier molecular flexibility index (Phi) is 8.96. The first-order valence-corrected chi connectivity index (χ1v) is 10.6. The van der Waals surface area contributed by atoms with Crippen LogP contribution in [0.1, 0.15) is 28.8 Å². The highest BCUT2D eigenvalue weighted by Crippen LogP contribution is 2.08. The second kappa shape index (κ2) is 12.4. The molecular weight excluding hydrogens is 428 g/mol. The highest BCUT2D eigenvalue weighted by Gasteiger charge is 2.29. The molecule has 0 aromatic heterocycles. The number of carbonyl (C=O) groups excluding carboxylic acids is 4.